The van der Waals surface area contributed by atoms with Crippen molar-refractivity contribution in [3.8, 4) is 0 Å². The molecule has 1 saturated heterocycles. The summed E-state index contributed by atoms with van der Waals surface area (Å²) in [6.45, 7) is 24.1. The molecule has 0 amide bonds. The maximum absolute atomic E-state index is 13.4. The van der Waals surface area contributed by atoms with Crippen molar-refractivity contribution in [2.24, 2.45) is 0 Å². The first kappa shape index (κ1) is 46.6. The first-order valence-corrected chi connectivity index (χ1v) is 18.8. The first-order chi connectivity index (χ1) is 24.7. The van der Waals surface area contributed by atoms with Crippen LogP contribution in [0.5, 0.6) is 0 Å². The van der Waals surface area contributed by atoms with Gasteiger partial charge in [0.2, 0.25) is 0 Å². The highest BCUT2D eigenvalue weighted by molar-refractivity contribution is 5.87. The Hall–Kier alpha value is -3.59. The molecular weight excluding hydrogens is 696 g/mol. The molecule has 0 saturated carbocycles. The van der Waals surface area contributed by atoms with Crippen molar-refractivity contribution in [1.29, 1.82) is 0 Å². The number of esters is 4. The molecule has 1 unspecified atom stereocenters. The summed E-state index contributed by atoms with van der Waals surface area (Å²) < 4.78 is 22.8. The fourth-order valence-corrected chi connectivity index (χ4v) is 5.87. The molecule has 1 fully saturated rings. The van der Waals surface area contributed by atoms with Gasteiger partial charge in [-0.1, -0.05) is 12.1 Å². The van der Waals surface area contributed by atoms with Crippen LogP contribution in [-0.2, 0) is 44.5 Å². The summed E-state index contributed by atoms with van der Waals surface area (Å²) in [5.41, 5.74) is -1.82. The van der Waals surface area contributed by atoms with Crippen LogP contribution < -0.4 is 0 Å². The molecule has 0 aliphatic carbocycles. The zero-order chi connectivity index (χ0) is 41.1. The fraction of sp³-hybridized carbons (Fsp3) is 0.725. The number of hydrogen-bond acceptors (Lipinski definition) is 13. The molecule has 54 heavy (non-hydrogen) atoms. The second-order valence-corrected chi connectivity index (χ2v) is 18.0. The number of rotatable bonds is 11. The molecule has 2 rings (SSSR count). The van der Waals surface area contributed by atoms with Gasteiger partial charge in [0.15, 0.2) is 0 Å². The number of nitrogens with zero attached hydrogens (tertiary/aromatic N) is 4. The minimum atomic E-state index is -1.04. The summed E-state index contributed by atoms with van der Waals surface area (Å²) in [5.74, 6) is -2.67. The van der Waals surface area contributed by atoms with Crippen LogP contribution >= 0.6 is 0 Å². The minimum absolute atomic E-state index is 0.00193. The van der Waals surface area contributed by atoms with E-state index in [9.17, 15) is 29.1 Å². The molecule has 14 heteroatoms. The number of carbonyl (C=O) groups is 5. The van der Waals surface area contributed by atoms with Gasteiger partial charge >= 0.3 is 29.8 Å². The van der Waals surface area contributed by atoms with Gasteiger partial charge in [-0.3, -0.25) is 38.8 Å². The molecule has 0 radical (unpaired) electrons. The van der Waals surface area contributed by atoms with Crippen molar-refractivity contribution in [3.05, 3.63) is 35.4 Å². The molecule has 1 aliphatic heterocycles. The lowest BCUT2D eigenvalue weighted by atomic mass is 10.0. The Morgan fingerprint density at radius 1 is 0.537 bits per heavy atom. The topological polar surface area (TPSA) is 155 Å². The van der Waals surface area contributed by atoms with Crippen LogP contribution in [0.15, 0.2) is 24.3 Å². The van der Waals surface area contributed by atoms with Crippen molar-refractivity contribution in [1.82, 2.24) is 19.6 Å². The van der Waals surface area contributed by atoms with E-state index in [4.69, 9.17) is 18.9 Å². The summed E-state index contributed by atoms with van der Waals surface area (Å²) in [5, 5.41) is 9.51. The van der Waals surface area contributed by atoms with E-state index in [-0.39, 0.29) is 37.8 Å². The fourth-order valence-electron chi connectivity index (χ4n) is 5.87. The van der Waals surface area contributed by atoms with E-state index in [2.05, 4.69) is 0 Å². The van der Waals surface area contributed by atoms with Gasteiger partial charge in [0.05, 0.1) is 31.7 Å². The van der Waals surface area contributed by atoms with Crippen LogP contribution in [-0.4, -0.2) is 155 Å². The van der Waals surface area contributed by atoms with E-state index in [0.29, 0.717) is 52.2 Å². The van der Waals surface area contributed by atoms with E-state index in [0.717, 1.165) is 5.56 Å². The third kappa shape index (κ3) is 20.2. The molecule has 1 N–H and O–H groups in total. The molecule has 306 valence electrons. The molecule has 0 aromatic heterocycles. The SMILES string of the molecule is CC(C)(C)OC(=O)CN1CCN(CC(=O)OC(C)(C)C)CCN(CC(=O)OC(C)(C)C)C(Cc2ccc(C(=O)O)cc2)CN(CC(=O)OC(C)(C)C)CC1. The van der Waals surface area contributed by atoms with E-state index in [1.807, 2.05) is 61.1 Å². The third-order valence-electron chi connectivity index (χ3n) is 7.90. The number of benzene rings is 1. The number of ether oxygens (including phenoxy) is 4. The Kier molecular flexibility index (Phi) is 17.1. The van der Waals surface area contributed by atoms with Crippen molar-refractivity contribution in [2.45, 2.75) is 118 Å². The van der Waals surface area contributed by atoms with Crippen LogP contribution in [0.2, 0.25) is 0 Å². The monoisotopic (exact) mass is 762 g/mol. The normalized spacial score (nSPS) is 18.2. The predicted molar refractivity (Wildman–Crippen MR) is 205 cm³/mol. The molecule has 0 spiro atoms. The Morgan fingerprint density at radius 2 is 0.870 bits per heavy atom. The number of carboxylic acid groups (broad SMARTS) is 1. The van der Waals surface area contributed by atoms with Gasteiger partial charge in [0.25, 0.3) is 0 Å². The summed E-state index contributed by atoms with van der Waals surface area (Å²) in [6.07, 6.45) is 0.404. The van der Waals surface area contributed by atoms with Crippen LogP contribution in [0.4, 0.5) is 0 Å². The maximum Gasteiger partial charge on any atom is 0.335 e. The predicted octanol–water partition coefficient (Wildman–Crippen LogP) is 3.88. The minimum Gasteiger partial charge on any atom is -0.478 e. The Bertz CT molecular complexity index is 1400. The standard InChI is InChI=1S/C40H66N4O10/c1-37(2,3)51-32(45)25-41-17-18-42(26-33(46)52-38(4,5)6)21-22-44(28-35(48)54-40(10,11)12)31(23-29-13-15-30(16-14-29)36(49)50)24-43(20-19-41)27-34(47)53-39(7,8)9/h13-16,31H,17-28H2,1-12H3,(H,49,50). The Labute approximate surface area is 322 Å². The van der Waals surface area contributed by atoms with Gasteiger partial charge in [0.1, 0.15) is 22.4 Å². The largest absolute Gasteiger partial charge is 0.478 e. The average Bonchev–Trinajstić information content (AvgIpc) is 2.95. The lowest BCUT2D eigenvalue weighted by molar-refractivity contribution is -0.160. The molecule has 1 aromatic rings. The maximum atomic E-state index is 13.4. The smallest absolute Gasteiger partial charge is 0.335 e. The van der Waals surface area contributed by atoms with Crippen LogP contribution in [0.25, 0.3) is 0 Å². The molecule has 1 heterocycles. The lowest BCUT2D eigenvalue weighted by Crippen LogP contribution is -2.54. The van der Waals surface area contributed by atoms with E-state index in [1.165, 1.54) is 0 Å². The van der Waals surface area contributed by atoms with Crippen LogP contribution in [0.1, 0.15) is 99.0 Å². The Morgan fingerprint density at radius 3 is 1.24 bits per heavy atom. The van der Waals surface area contributed by atoms with E-state index < -0.39 is 52.3 Å². The zero-order valence-corrected chi connectivity index (χ0v) is 34.8. The quantitative estimate of drug-likeness (QED) is 0.256. The summed E-state index contributed by atoms with van der Waals surface area (Å²) in [4.78, 5) is 72.4. The van der Waals surface area contributed by atoms with E-state index in [1.54, 1.807) is 65.8 Å². The molecule has 1 aromatic carbocycles. The number of carboxylic acids is 1. The van der Waals surface area contributed by atoms with Gasteiger partial charge in [-0.05, 0) is 107 Å². The third-order valence-corrected chi connectivity index (χ3v) is 7.90. The lowest BCUT2D eigenvalue weighted by Gasteiger charge is -2.38. The highest BCUT2D eigenvalue weighted by Gasteiger charge is 2.31. The van der Waals surface area contributed by atoms with Crippen LogP contribution in [0.3, 0.4) is 0 Å². The van der Waals surface area contributed by atoms with E-state index >= 15 is 0 Å². The molecule has 14 nitrogen and oxygen atoms in total. The van der Waals surface area contributed by atoms with Crippen molar-refractivity contribution < 1.29 is 48.0 Å². The summed E-state index contributed by atoms with van der Waals surface area (Å²) >= 11 is 0. The average molecular weight is 763 g/mol. The van der Waals surface area contributed by atoms with Crippen molar-refractivity contribution >= 4 is 29.8 Å². The zero-order valence-electron chi connectivity index (χ0n) is 34.8. The highest BCUT2D eigenvalue weighted by atomic mass is 16.6. The van der Waals surface area contributed by atoms with Gasteiger partial charge in [-0.25, -0.2) is 4.79 Å². The summed E-state index contributed by atoms with van der Waals surface area (Å²) in [6, 6.07) is 6.21. The van der Waals surface area contributed by atoms with Gasteiger partial charge in [-0.2, -0.15) is 0 Å². The van der Waals surface area contributed by atoms with Crippen molar-refractivity contribution in [3.63, 3.8) is 0 Å². The second kappa shape index (κ2) is 19.8. The van der Waals surface area contributed by atoms with Gasteiger partial charge in [0, 0.05) is 51.9 Å². The second-order valence-electron chi connectivity index (χ2n) is 18.0. The Balaban J connectivity index is 2.63. The first-order valence-electron chi connectivity index (χ1n) is 18.8. The summed E-state index contributed by atoms with van der Waals surface area (Å²) in [7, 11) is 0. The van der Waals surface area contributed by atoms with Crippen LogP contribution in [0, 0.1) is 0 Å². The number of hydrogen-bond donors (Lipinski definition) is 1. The van der Waals surface area contributed by atoms with Gasteiger partial charge in [-0.15, -0.1) is 0 Å². The number of aromatic carboxylic acids is 1. The number of carbonyl (C=O) groups excluding carboxylic acids is 4. The van der Waals surface area contributed by atoms with Crippen molar-refractivity contribution in [2.75, 3.05) is 72.0 Å². The molecule has 1 aliphatic rings. The van der Waals surface area contributed by atoms with Gasteiger partial charge < -0.3 is 24.1 Å². The highest BCUT2D eigenvalue weighted by Crippen LogP contribution is 2.18. The molecule has 1 atom stereocenters. The molecular formula is C40H66N4O10. The molecule has 0 bridgehead atoms.